The van der Waals surface area contributed by atoms with Gasteiger partial charge in [0.2, 0.25) is 27.6 Å². The van der Waals surface area contributed by atoms with Gasteiger partial charge in [-0.1, -0.05) is 35.5 Å². The summed E-state index contributed by atoms with van der Waals surface area (Å²) < 4.78 is 32.4. The minimum Gasteiger partial charge on any atom is -0.338 e. The third kappa shape index (κ3) is 3.86. The molecule has 1 amide bonds. The Balaban J connectivity index is 1.53. The van der Waals surface area contributed by atoms with Crippen molar-refractivity contribution in [3.63, 3.8) is 0 Å². The Morgan fingerprint density at radius 3 is 2.60 bits per heavy atom. The van der Waals surface area contributed by atoms with Crippen LogP contribution in [0.5, 0.6) is 0 Å². The van der Waals surface area contributed by atoms with Crippen molar-refractivity contribution in [2.75, 3.05) is 18.5 Å². The van der Waals surface area contributed by atoms with Crippen LogP contribution in [0.25, 0.3) is 11.4 Å². The fourth-order valence-corrected chi connectivity index (χ4v) is 4.68. The van der Waals surface area contributed by atoms with E-state index in [1.54, 1.807) is 17.0 Å². The molecule has 9 heteroatoms. The molecule has 4 rings (SSSR count). The van der Waals surface area contributed by atoms with Crippen LogP contribution in [0.2, 0.25) is 0 Å². The Bertz CT molecular complexity index is 1170. The maximum atomic E-state index is 13.0. The van der Waals surface area contributed by atoms with E-state index in [2.05, 4.69) is 10.1 Å². The summed E-state index contributed by atoms with van der Waals surface area (Å²) in [6.07, 6.45) is 1.34. The van der Waals surface area contributed by atoms with Crippen molar-refractivity contribution in [2.24, 2.45) is 0 Å². The summed E-state index contributed by atoms with van der Waals surface area (Å²) in [6.45, 7) is 2.42. The van der Waals surface area contributed by atoms with Crippen LogP contribution in [0, 0.1) is 6.92 Å². The number of hydrogen-bond donors (Lipinski definition) is 0. The van der Waals surface area contributed by atoms with Crippen molar-refractivity contribution in [2.45, 2.75) is 31.2 Å². The molecule has 0 radical (unpaired) electrons. The molecule has 3 aromatic rings. The Morgan fingerprint density at radius 2 is 1.93 bits per heavy atom. The zero-order valence-electron chi connectivity index (χ0n) is 16.8. The van der Waals surface area contributed by atoms with Crippen LogP contribution in [0.1, 0.15) is 24.3 Å². The van der Waals surface area contributed by atoms with Crippen LogP contribution in [0.15, 0.2) is 57.9 Å². The van der Waals surface area contributed by atoms with Gasteiger partial charge < -0.3 is 9.42 Å². The van der Waals surface area contributed by atoms with Gasteiger partial charge in [-0.05, 0) is 37.1 Å². The average molecular weight is 426 g/mol. The van der Waals surface area contributed by atoms with Crippen LogP contribution >= 0.6 is 0 Å². The minimum atomic E-state index is -3.77. The first kappa shape index (κ1) is 20.2. The molecule has 0 spiro atoms. The van der Waals surface area contributed by atoms with Crippen molar-refractivity contribution in [1.29, 1.82) is 0 Å². The van der Waals surface area contributed by atoms with Gasteiger partial charge >= 0.3 is 0 Å². The maximum absolute atomic E-state index is 13.0. The largest absolute Gasteiger partial charge is 0.338 e. The monoisotopic (exact) mass is 426 g/mol. The first-order valence-corrected chi connectivity index (χ1v) is 11.1. The molecule has 0 atom stereocenters. The lowest BCUT2D eigenvalue weighted by Crippen LogP contribution is -2.27. The Morgan fingerprint density at radius 1 is 1.17 bits per heavy atom. The van der Waals surface area contributed by atoms with Crippen molar-refractivity contribution in [3.05, 3.63) is 60.0 Å². The fraction of sp³-hybridized carbons (Fsp3) is 0.286. The zero-order chi connectivity index (χ0) is 21.3. The van der Waals surface area contributed by atoms with E-state index in [-0.39, 0.29) is 23.2 Å². The summed E-state index contributed by atoms with van der Waals surface area (Å²) in [5.74, 6) is 0.680. The lowest BCUT2D eigenvalue weighted by atomic mass is 10.2. The second-order valence-electron chi connectivity index (χ2n) is 7.24. The van der Waals surface area contributed by atoms with Crippen LogP contribution in [0.3, 0.4) is 0 Å². The molecule has 1 aliphatic heterocycles. The van der Waals surface area contributed by atoms with Gasteiger partial charge in [-0.2, -0.15) is 9.29 Å². The van der Waals surface area contributed by atoms with Crippen molar-refractivity contribution in [3.8, 4) is 11.4 Å². The highest BCUT2D eigenvalue weighted by Crippen LogP contribution is 2.28. The van der Waals surface area contributed by atoms with Gasteiger partial charge in [-0.15, -0.1) is 0 Å². The van der Waals surface area contributed by atoms with Crippen LogP contribution in [-0.2, 0) is 21.4 Å². The van der Waals surface area contributed by atoms with Gasteiger partial charge in [0, 0.05) is 31.3 Å². The fourth-order valence-electron chi connectivity index (χ4n) is 3.47. The molecule has 1 aromatic heterocycles. The van der Waals surface area contributed by atoms with E-state index in [0.717, 1.165) is 23.2 Å². The summed E-state index contributed by atoms with van der Waals surface area (Å²) in [5.41, 5.74) is 2.29. The lowest BCUT2D eigenvalue weighted by Gasteiger charge is -2.20. The number of nitrogens with zero attached hydrogens (tertiary/aromatic N) is 4. The second-order valence-corrected chi connectivity index (χ2v) is 9.28. The van der Waals surface area contributed by atoms with Crippen LogP contribution in [0.4, 0.5) is 5.69 Å². The first-order chi connectivity index (χ1) is 14.4. The quantitative estimate of drug-likeness (QED) is 0.601. The molecule has 2 aromatic carbocycles. The number of rotatable bonds is 6. The summed E-state index contributed by atoms with van der Waals surface area (Å²) in [7, 11) is -2.30. The number of sulfonamides is 1. The molecule has 0 unspecified atom stereocenters. The highest BCUT2D eigenvalue weighted by atomic mass is 32.2. The van der Waals surface area contributed by atoms with Gasteiger partial charge in [0.1, 0.15) is 0 Å². The number of aryl methyl sites for hydroxylation is 1. The molecule has 156 valence electrons. The molecule has 8 nitrogen and oxygen atoms in total. The number of carbonyl (C=O) groups excluding carboxylic acids is 1. The van der Waals surface area contributed by atoms with E-state index in [4.69, 9.17) is 4.52 Å². The summed E-state index contributed by atoms with van der Waals surface area (Å²) in [6, 6.07) is 14.1. The van der Waals surface area contributed by atoms with E-state index in [1.165, 1.54) is 17.4 Å². The first-order valence-electron chi connectivity index (χ1n) is 9.61. The van der Waals surface area contributed by atoms with Crippen molar-refractivity contribution in [1.82, 2.24) is 14.4 Å². The molecule has 2 heterocycles. The van der Waals surface area contributed by atoms with E-state index in [9.17, 15) is 13.2 Å². The highest BCUT2D eigenvalue weighted by Gasteiger charge is 2.27. The second kappa shape index (κ2) is 8.00. The number of benzene rings is 2. The number of anilines is 1. The van der Waals surface area contributed by atoms with E-state index >= 15 is 0 Å². The van der Waals surface area contributed by atoms with E-state index < -0.39 is 10.0 Å². The Kier molecular flexibility index (Phi) is 5.40. The number of aromatic nitrogens is 2. The van der Waals surface area contributed by atoms with Gasteiger partial charge in [-0.3, -0.25) is 4.79 Å². The third-order valence-corrected chi connectivity index (χ3v) is 6.90. The SMILES string of the molecule is Cc1cc(S(=O)(=O)N(C)Cc2nc(-c3ccccc3)no2)ccc1N1CCCC1=O. The minimum absolute atomic E-state index is 0.0480. The van der Waals surface area contributed by atoms with Gasteiger partial charge in [0.05, 0.1) is 11.4 Å². The summed E-state index contributed by atoms with van der Waals surface area (Å²) >= 11 is 0. The summed E-state index contributed by atoms with van der Waals surface area (Å²) in [5, 5.41) is 3.93. The maximum Gasteiger partial charge on any atom is 0.243 e. The van der Waals surface area contributed by atoms with E-state index in [0.29, 0.717) is 18.8 Å². The third-order valence-electron chi connectivity index (χ3n) is 5.10. The number of carbonyl (C=O) groups is 1. The van der Waals surface area contributed by atoms with Gasteiger partial charge in [0.25, 0.3) is 0 Å². The normalized spacial score (nSPS) is 14.6. The Labute approximate surface area is 175 Å². The van der Waals surface area contributed by atoms with E-state index in [1.807, 2.05) is 37.3 Å². The smallest absolute Gasteiger partial charge is 0.243 e. The number of hydrogen-bond acceptors (Lipinski definition) is 6. The Hall–Kier alpha value is -3.04. The number of amides is 1. The van der Waals surface area contributed by atoms with Crippen LogP contribution < -0.4 is 4.90 Å². The molecule has 0 bridgehead atoms. The standard InChI is InChI=1S/C21H22N4O4S/c1-15-13-17(10-11-18(15)25-12-6-9-20(25)26)30(27,28)24(2)14-19-22-21(23-29-19)16-7-4-3-5-8-16/h3-5,7-8,10-11,13H,6,9,12,14H2,1-2H3. The molecular weight excluding hydrogens is 404 g/mol. The predicted molar refractivity (Wildman–Crippen MR) is 111 cm³/mol. The molecule has 0 N–H and O–H groups in total. The highest BCUT2D eigenvalue weighted by molar-refractivity contribution is 7.89. The molecule has 30 heavy (non-hydrogen) atoms. The lowest BCUT2D eigenvalue weighted by molar-refractivity contribution is -0.117. The molecular formula is C21H22N4O4S. The van der Waals surface area contributed by atoms with Crippen molar-refractivity contribution >= 4 is 21.6 Å². The summed E-state index contributed by atoms with van der Waals surface area (Å²) in [4.78, 5) is 18.2. The molecule has 0 aliphatic carbocycles. The molecule has 1 saturated heterocycles. The topological polar surface area (TPSA) is 96.6 Å². The van der Waals surface area contributed by atoms with Gasteiger partial charge in [-0.25, -0.2) is 8.42 Å². The predicted octanol–water partition coefficient (Wildman–Crippen LogP) is 2.99. The van der Waals surface area contributed by atoms with Gasteiger partial charge in [0.15, 0.2) is 0 Å². The van der Waals surface area contributed by atoms with Crippen molar-refractivity contribution < 1.29 is 17.7 Å². The molecule has 1 fully saturated rings. The van der Waals surface area contributed by atoms with Crippen LogP contribution in [-0.4, -0.2) is 42.4 Å². The molecule has 1 aliphatic rings. The average Bonchev–Trinajstić information content (AvgIpc) is 3.37. The molecule has 0 saturated carbocycles. The zero-order valence-corrected chi connectivity index (χ0v) is 17.6.